The van der Waals surface area contributed by atoms with Gasteiger partial charge in [-0.1, -0.05) is 38.0 Å². The number of hydrogen-bond acceptors (Lipinski definition) is 3. The van der Waals surface area contributed by atoms with Gasteiger partial charge in [0, 0.05) is 17.6 Å². The summed E-state index contributed by atoms with van der Waals surface area (Å²) in [7, 11) is 0. The second-order valence-corrected chi connectivity index (χ2v) is 5.04. The number of nitrogens with zero attached hydrogens (tertiary/aromatic N) is 1. The Hall–Kier alpha value is -1.10. The first kappa shape index (κ1) is 14.0. The van der Waals surface area contributed by atoms with E-state index in [0.717, 1.165) is 29.9 Å². The number of nitrogens with one attached hydrogen (secondary N) is 1. The van der Waals surface area contributed by atoms with E-state index in [1.807, 2.05) is 6.92 Å². The number of rotatable bonds is 6. The van der Waals surface area contributed by atoms with E-state index in [4.69, 9.17) is 0 Å². The Morgan fingerprint density at radius 2 is 2.12 bits per heavy atom. The summed E-state index contributed by atoms with van der Waals surface area (Å²) in [5.74, 6) is 0.444. The predicted molar refractivity (Wildman–Crippen MR) is 70.4 cm³/mol. The predicted octanol–water partition coefficient (Wildman–Crippen LogP) is 1.77. The van der Waals surface area contributed by atoms with Gasteiger partial charge in [0.1, 0.15) is 6.54 Å². The summed E-state index contributed by atoms with van der Waals surface area (Å²) in [5.41, 5.74) is 0.845. The molecule has 5 heteroatoms. The second-order valence-electron chi connectivity index (χ2n) is 4.22. The Balaban J connectivity index is 2.48. The molecule has 1 aromatic rings. The van der Waals surface area contributed by atoms with Crippen LogP contribution in [-0.2, 0) is 11.3 Å². The maximum absolute atomic E-state index is 11.7. The van der Waals surface area contributed by atoms with Crippen molar-refractivity contribution in [3.8, 4) is 0 Å². The number of amides is 1. The molecule has 1 aromatic heterocycles. The van der Waals surface area contributed by atoms with Crippen LogP contribution in [0.1, 0.15) is 32.4 Å². The lowest BCUT2D eigenvalue weighted by Gasteiger charge is -2.13. The van der Waals surface area contributed by atoms with Crippen molar-refractivity contribution in [1.82, 2.24) is 9.88 Å². The van der Waals surface area contributed by atoms with Crippen LogP contribution in [-0.4, -0.2) is 17.0 Å². The first-order valence-electron chi connectivity index (χ1n) is 6.00. The molecule has 4 nitrogen and oxygen atoms in total. The van der Waals surface area contributed by atoms with Gasteiger partial charge in [-0.05, 0) is 12.8 Å². The molecule has 0 saturated carbocycles. The molecule has 0 atom stereocenters. The average Bonchev–Trinajstić information content (AvgIpc) is 2.62. The summed E-state index contributed by atoms with van der Waals surface area (Å²) in [6, 6.07) is 0. The van der Waals surface area contributed by atoms with Gasteiger partial charge in [-0.25, -0.2) is 0 Å². The van der Waals surface area contributed by atoms with Crippen LogP contribution in [0.5, 0.6) is 0 Å². The van der Waals surface area contributed by atoms with Crippen LogP contribution >= 0.6 is 11.3 Å². The van der Waals surface area contributed by atoms with Crippen LogP contribution in [0.2, 0.25) is 0 Å². The molecule has 0 radical (unpaired) electrons. The Bertz CT molecular complexity index is 418. The summed E-state index contributed by atoms with van der Waals surface area (Å²) in [5, 5.41) is 4.66. The van der Waals surface area contributed by atoms with Gasteiger partial charge in [0.25, 0.3) is 0 Å². The topological polar surface area (TPSA) is 51.1 Å². The first-order valence-corrected chi connectivity index (χ1v) is 6.88. The highest BCUT2D eigenvalue weighted by Gasteiger charge is 2.10. The zero-order valence-corrected chi connectivity index (χ0v) is 11.5. The van der Waals surface area contributed by atoms with Gasteiger partial charge in [0.05, 0.1) is 0 Å². The Kier molecular flexibility index (Phi) is 5.41. The van der Waals surface area contributed by atoms with Gasteiger partial charge in [-0.2, -0.15) is 0 Å². The fourth-order valence-corrected chi connectivity index (χ4v) is 2.37. The summed E-state index contributed by atoms with van der Waals surface area (Å²) in [6.45, 7) is 6.91. The van der Waals surface area contributed by atoms with E-state index in [9.17, 15) is 9.59 Å². The molecule has 17 heavy (non-hydrogen) atoms. The van der Waals surface area contributed by atoms with Crippen molar-refractivity contribution in [2.24, 2.45) is 5.92 Å². The molecule has 0 saturated heterocycles. The lowest BCUT2D eigenvalue weighted by atomic mass is 10.0. The molecule has 0 unspecified atom stereocenters. The lowest BCUT2D eigenvalue weighted by molar-refractivity contribution is -0.121. The van der Waals surface area contributed by atoms with Crippen LogP contribution in [0.25, 0.3) is 0 Å². The zero-order chi connectivity index (χ0) is 12.8. The quantitative estimate of drug-likeness (QED) is 0.843. The summed E-state index contributed by atoms with van der Waals surface area (Å²) < 4.78 is 1.51. The number of thiazole rings is 1. The highest BCUT2D eigenvalue weighted by Crippen LogP contribution is 2.05. The Labute approximate surface area is 106 Å². The largest absolute Gasteiger partial charge is 0.354 e. The number of aryl methyl sites for hydroxylation is 1. The molecular weight excluding hydrogens is 236 g/mol. The SMILES string of the molecule is CCC(CC)CNC(=O)Cn1c(C)csc1=O. The highest BCUT2D eigenvalue weighted by atomic mass is 32.1. The van der Waals surface area contributed by atoms with Crippen molar-refractivity contribution in [3.05, 3.63) is 20.7 Å². The standard InChI is InChI=1S/C12H20N2O2S/c1-4-10(5-2)6-13-11(15)7-14-9(3)8-17-12(14)16/h8,10H,4-7H2,1-3H3,(H,13,15). The van der Waals surface area contributed by atoms with Crippen LogP contribution in [0.3, 0.4) is 0 Å². The monoisotopic (exact) mass is 256 g/mol. The van der Waals surface area contributed by atoms with Crippen LogP contribution in [0.15, 0.2) is 10.2 Å². The Morgan fingerprint density at radius 1 is 1.47 bits per heavy atom. The van der Waals surface area contributed by atoms with Gasteiger partial charge in [0.15, 0.2) is 0 Å². The van der Waals surface area contributed by atoms with Crippen LogP contribution in [0, 0.1) is 12.8 Å². The van der Waals surface area contributed by atoms with Gasteiger partial charge < -0.3 is 5.32 Å². The maximum Gasteiger partial charge on any atom is 0.307 e. The van der Waals surface area contributed by atoms with Gasteiger partial charge in [-0.15, -0.1) is 0 Å². The van der Waals surface area contributed by atoms with E-state index in [-0.39, 0.29) is 17.3 Å². The third kappa shape index (κ3) is 4.00. The minimum absolute atomic E-state index is 0.0693. The van der Waals surface area contributed by atoms with E-state index in [0.29, 0.717) is 12.5 Å². The van der Waals surface area contributed by atoms with Crippen molar-refractivity contribution < 1.29 is 4.79 Å². The van der Waals surface area contributed by atoms with Crippen molar-refractivity contribution >= 4 is 17.2 Å². The molecule has 0 fully saturated rings. The minimum atomic E-state index is -0.0829. The normalized spacial score (nSPS) is 10.8. The van der Waals surface area contributed by atoms with E-state index >= 15 is 0 Å². The third-order valence-electron chi connectivity index (χ3n) is 3.02. The molecule has 0 aromatic carbocycles. The highest BCUT2D eigenvalue weighted by molar-refractivity contribution is 7.07. The number of aromatic nitrogens is 1. The summed E-state index contributed by atoms with van der Waals surface area (Å²) in [6.07, 6.45) is 2.13. The molecule has 1 rings (SSSR count). The fourth-order valence-electron chi connectivity index (χ4n) is 1.63. The number of carbonyl (C=O) groups excluding carboxylic acids is 1. The zero-order valence-electron chi connectivity index (χ0n) is 10.7. The lowest BCUT2D eigenvalue weighted by Crippen LogP contribution is -2.34. The molecule has 1 heterocycles. The molecule has 0 spiro atoms. The van der Waals surface area contributed by atoms with Crippen molar-refractivity contribution in [3.63, 3.8) is 0 Å². The molecule has 1 amide bonds. The van der Waals surface area contributed by atoms with E-state index < -0.39 is 0 Å². The average molecular weight is 256 g/mol. The molecule has 96 valence electrons. The molecule has 0 bridgehead atoms. The van der Waals surface area contributed by atoms with E-state index in [1.165, 1.54) is 4.57 Å². The Morgan fingerprint density at radius 3 is 2.59 bits per heavy atom. The number of hydrogen-bond donors (Lipinski definition) is 1. The smallest absolute Gasteiger partial charge is 0.307 e. The van der Waals surface area contributed by atoms with Gasteiger partial charge >= 0.3 is 4.87 Å². The third-order valence-corrected chi connectivity index (χ3v) is 3.90. The van der Waals surface area contributed by atoms with E-state index in [1.54, 1.807) is 5.38 Å². The van der Waals surface area contributed by atoms with Gasteiger partial charge in [-0.3, -0.25) is 14.2 Å². The van der Waals surface area contributed by atoms with Gasteiger partial charge in [0.2, 0.25) is 5.91 Å². The van der Waals surface area contributed by atoms with E-state index in [2.05, 4.69) is 19.2 Å². The minimum Gasteiger partial charge on any atom is -0.354 e. The van der Waals surface area contributed by atoms with Crippen molar-refractivity contribution in [2.45, 2.75) is 40.2 Å². The van der Waals surface area contributed by atoms with Crippen LogP contribution < -0.4 is 10.2 Å². The summed E-state index contributed by atoms with van der Waals surface area (Å²) in [4.78, 5) is 23.0. The maximum atomic E-state index is 11.7. The molecular formula is C12H20N2O2S. The second kappa shape index (κ2) is 6.59. The molecule has 0 aliphatic carbocycles. The van der Waals surface area contributed by atoms with Crippen LogP contribution in [0.4, 0.5) is 0 Å². The van der Waals surface area contributed by atoms with Crippen molar-refractivity contribution in [2.75, 3.05) is 6.54 Å². The fraction of sp³-hybridized carbons (Fsp3) is 0.667. The summed E-state index contributed by atoms with van der Waals surface area (Å²) >= 11 is 1.13. The molecule has 0 aliphatic rings. The molecule has 1 N–H and O–H groups in total. The first-order chi connectivity index (χ1) is 8.08. The molecule has 0 aliphatic heterocycles. The van der Waals surface area contributed by atoms with Crippen molar-refractivity contribution in [1.29, 1.82) is 0 Å². The number of carbonyl (C=O) groups is 1.